The van der Waals surface area contributed by atoms with Crippen LogP contribution in [0.4, 0.5) is 0 Å². The van der Waals surface area contributed by atoms with Crippen molar-refractivity contribution in [3.05, 3.63) is 40.1 Å². The highest BCUT2D eigenvalue weighted by Gasteiger charge is 2.35. The number of nitrogens with zero attached hydrogens (tertiary/aromatic N) is 3. The van der Waals surface area contributed by atoms with Crippen LogP contribution in [0.2, 0.25) is 5.15 Å². The number of aryl methyl sites for hydroxylation is 3. The first-order chi connectivity index (χ1) is 10.0. The van der Waals surface area contributed by atoms with Crippen molar-refractivity contribution in [2.75, 3.05) is 6.54 Å². The fourth-order valence-electron chi connectivity index (χ4n) is 3.06. The summed E-state index contributed by atoms with van der Waals surface area (Å²) in [6, 6.07) is 1.78. The van der Waals surface area contributed by atoms with Crippen LogP contribution < -0.4 is 0 Å². The molecule has 0 spiro atoms. The molecular formula is C15H18ClN3O2. The molecule has 0 radical (unpaired) electrons. The molecule has 0 N–H and O–H groups in total. The Balaban J connectivity index is 1.96. The molecule has 1 aliphatic heterocycles. The number of hydrogen-bond donors (Lipinski definition) is 0. The van der Waals surface area contributed by atoms with E-state index in [0.717, 1.165) is 29.7 Å². The summed E-state index contributed by atoms with van der Waals surface area (Å²) >= 11 is 6.36. The highest BCUT2D eigenvalue weighted by atomic mass is 35.5. The van der Waals surface area contributed by atoms with E-state index in [-0.39, 0.29) is 11.9 Å². The molecule has 1 fully saturated rings. The van der Waals surface area contributed by atoms with Crippen LogP contribution in [-0.2, 0) is 7.05 Å². The lowest BCUT2D eigenvalue weighted by Crippen LogP contribution is -2.31. The number of likely N-dealkylation sites (tertiary alicyclic amines) is 1. The molecule has 0 aromatic carbocycles. The largest absolute Gasteiger partial charge is 0.459 e. The number of carbonyl (C=O) groups excluding carboxylic acids is 1. The van der Waals surface area contributed by atoms with Crippen LogP contribution in [0.5, 0.6) is 0 Å². The fourth-order valence-corrected chi connectivity index (χ4v) is 3.36. The van der Waals surface area contributed by atoms with Crippen LogP contribution in [0.25, 0.3) is 0 Å². The molecule has 1 atom stereocenters. The summed E-state index contributed by atoms with van der Waals surface area (Å²) in [6.45, 7) is 4.53. The molecule has 1 aliphatic rings. The van der Waals surface area contributed by atoms with Gasteiger partial charge in [0.15, 0.2) is 5.76 Å². The second-order valence-corrected chi connectivity index (χ2v) is 5.86. The van der Waals surface area contributed by atoms with E-state index in [1.165, 1.54) is 0 Å². The van der Waals surface area contributed by atoms with E-state index in [1.807, 2.05) is 25.8 Å². The van der Waals surface area contributed by atoms with Gasteiger partial charge in [-0.1, -0.05) is 11.6 Å². The summed E-state index contributed by atoms with van der Waals surface area (Å²) in [4.78, 5) is 14.6. The number of rotatable bonds is 2. The minimum Gasteiger partial charge on any atom is -0.459 e. The highest BCUT2D eigenvalue weighted by molar-refractivity contribution is 6.30. The van der Waals surface area contributed by atoms with E-state index >= 15 is 0 Å². The second kappa shape index (κ2) is 5.22. The van der Waals surface area contributed by atoms with Gasteiger partial charge in [0.05, 0.1) is 18.0 Å². The van der Waals surface area contributed by atoms with Crippen LogP contribution in [0.1, 0.15) is 46.3 Å². The van der Waals surface area contributed by atoms with E-state index in [2.05, 4.69) is 5.10 Å². The number of halogens is 1. The molecule has 6 heteroatoms. The van der Waals surface area contributed by atoms with Crippen molar-refractivity contribution in [1.82, 2.24) is 14.7 Å². The zero-order chi connectivity index (χ0) is 15.1. The lowest BCUT2D eigenvalue weighted by atomic mass is 10.1. The maximum atomic E-state index is 12.7. The smallest absolute Gasteiger partial charge is 0.290 e. The van der Waals surface area contributed by atoms with Crippen molar-refractivity contribution in [3.8, 4) is 0 Å². The Bertz CT molecular complexity index is 689. The van der Waals surface area contributed by atoms with Crippen molar-refractivity contribution in [2.45, 2.75) is 32.7 Å². The summed E-state index contributed by atoms with van der Waals surface area (Å²) < 4.78 is 7.00. The van der Waals surface area contributed by atoms with Gasteiger partial charge in [0, 0.05) is 24.7 Å². The average Bonchev–Trinajstić information content (AvgIpc) is 3.11. The Kier molecular flexibility index (Phi) is 3.53. The van der Waals surface area contributed by atoms with E-state index in [0.29, 0.717) is 17.5 Å². The first-order valence-corrected chi connectivity index (χ1v) is 7.42. The van der Waals surface area contributed by atoms with Crippen molar-refractivity contribution < 1.29 is 9.21 Å². The molecule has 112 valence electrons. The number of furan rings is 1. The van der Waals surface area contributed by atoms with Crippen LogP contribution in [0, 0.1) is 13.8 Å². The zero-order valence-electron chi connectivity index (χ0n) is 12.4. The second-order valence-electron chi connectivity index (χ2n) is 5.50. The van der Waals surface area contributed by atoms with Crippen LogP contribution >= 0.6 is 11.6 Å². The van der Waals surface area contributed by atoms with Gasteiger partial charge in [-0.3, -0.25) is 9.48 Å². The van der Waals surface area contributed by atoms with Gasteiger partial charge in [0.25, 0.3) is 5.91 Å². The number of hydrogen-bond acceptors (Lipinski definition) is 3. The molecule has 5 nitrogen and oxygen atoms in total. The number of aromatic nitrogens is 2. The number of carbonyl (C=O) groups is 1. The van der Waals surface area contributed by atoms with E-state index in [9.17, 15) is 4.79 Å². The van der Waals surface area contributed by atoms with Gasteiger partial charge >= 0.3 is 0 Å². The monoisotopic (exact) mass is 307 g/mol. The van der Waals surface area contributed by atoms with Crippen molar-refractivity contribution >= 4 is 17.5 Å². The maximum absolute atomic E-state index is 12.7. The van der Waals surface area contributed by atoms with Gasteiger partial charge in [0.2, 0.25) is 0 Å². The highest BCUT2D eigenvalue weighted by Crippen LogP contribution is 2.38. The molecule has 1 amide bonds. The average molecular weight is 308 g/mol. The van der Waals surface area contributed by atoms with Gasteiger partial charge in [-0.05, 0) is 32.8 Å². The minimum absolute atomic E-state index is 0.0248. The van der Waals surface area contributed by atoms with Crippen LogP contribution in [-0.4, -0.2) is 27.1 Å². The molecule has 1 unspecified atom stereocenters. The Morgan fingerprint density at radius 1 is 1.48 bits per heavy atom. The molecule has 0 saturated carbocycles. The van der Waals surface area contributed by atoms with Crippen molar-refractivity contribution in [3.63, 3.8) is 0 Å². The molecule has 2 aromatic rings. The lowest BCUT2D eigenvalue weighted by Gasteiger charge is -2.24. The standard InChI is InChI=1S/C15H18ClN3O2/c1-9-6-8-21-13(9)15(20)19-7-4-5-11(19)12-10(2)17-18(3)14(12)16/h6,8,11H,4-5,7H2,1-3H3. The third-order valence-corrected chi connectivity index (χ3v) is 4.55. The molecule has 21 heavy (non-hydrogen) atoms. The molecule has 1 saturated heterocycles. The summed E-state index contributed by atoms with van der Waals surface area (Å²) in [5, 5.41) is 4.96. The molecule has 3 rings (SSSR count). The van der Waals surface area contributed by atoms with E-state index < -0.39 is 0 Å². The number of amides is 1. The quantitative estimate of drug-likeness (QED) is 0.855. The predicted molar refractivity (Wildman–Crippen MR) is 79.4 cm³/mol. The Hall–Kier alpha value is -1.75. The predicted octanol–water partition coefficient (Wildman–Crippen LogP) is 3.26. The van der Waals surface area contributed by atoms with Gasteiger partial charge in [-0.15, -0.1) is 0 Å². The summed E-state index contributed by atoms with van der Waals surface area (Å²) in [5.41, 5.74) is 2.69. The van der Waals surface area contributed by atoms with Gasteiger partial charge < -0.3 is 9.32 Å². The normalized spacial score (nSPS) is 18.5. The Morgan fingerprint density at radius 3 is 2.81 bits per heavy atom. The van der Waals surface area contributed by atoms with Crippen LogP contribution in [0.3, 0.4) is 0 Å². The van der Waals surface area contributed by atoms with E-state index in [4.69, 9.17) is 16.0 Å². The van der Waals surface area contributed by atoms with Gasteiger partial charge in [0.1, 0.15) is 5.15 Å². The molecule has 2 aromatic heterocycles. The molecule has 0 aliphatic carbocycles. The fraction of sp³-hybridized carbons (Fsp3) is 0.467. The molecular weight excluding hydrogens is 290 g/mol. The first kappa shape index (κ1) is 14.2. The Labute approximate surface area is 128 Å². The van der Waals surface area contributed by atoms with Gasteiger partial charge in [-0.25, -0.2) is 0 Å². The summed E-state index contributed by atoms with van der Waals surface area (Å²) in [7, 11) is 1.82. The minimum atomic E-state index is -0.0701. The lowest BCUT2D eigenvalue weighted by molar-refractivity contribution is 0.0702. The zero-order valence-corrected chi connectivity index (χ0v) is 13.1. The van der Waals surface area contributed by atoms with Gasteiger partial charge in [-0.2, -0.15) is 5.10 Å². The van der Waals surface area contributed by atoms with Crippen LogP contribution in [0.15, 0.2) is 16.7 Å². The third kappa shape index (κ3) is 2.25. The SMILES string of the molecule is Cc1ccoc1C(=O)N1CCCC1c1c(C)nn(C)c1Cl. The topological polar surface area (TPSA) is 51.3 Å². The van der Waals surface area contributed by atoms with Crippen molar-refractivity contribution in [2.24, 2.45) is 7.05 Å². The van der Waals surface area contributed by atoms with E-state index in [1.54, 1.807) is 17.0 Å². The third-order valence-electron chi connectivity index (χ3n) is 4.10. The summed E-state index contributed by atoms with van der Waals surface area (Å²) in [6.07, 6.45) is 3.41. The molecule has 0 bridgehead atoms. The Morgan fingerprint density at radius 2 is 2.24 bits per heavy atom. The summed E-state index contributed by atoms with van der Waals surface area (Å²) in [5.74, 6) is 0.346. The maximum Gasteiger partial charge on any atom is 0.290 e. The molecule has 3 heterocycles. The van der Waals surface area contributed by atoms with Crippen molar-refractivity contribution in [1.29, 1.82) is 0 Å². The first-order valence-electron chi connectivity index (χ1n) is 7.04.